The quantitative estimate of drug-likeness (QED) is 0.688. The fraction of sp³-hybridized carbons (Fsp3) is 0.412. The van der Waals surface area contributed by atoms with Crippen LogP contribution in [0.25, 0.3) is 0 Å². The summed E-state index contributed by atoms with van der Waals surface area (Å²) in [6.45, 7) is 3.53. The van der Waals surface area contributed by atoms with Crippen molar-refractivity contribution in [3.05, 3.63) is 48.3 Å². The van der Waals surface area contributed by atoms with Gasteiger partial charge in [0.1, 0.15) is 11.5 Å². The number of imide groups is 1. The van der Waals surface area contributed by atoms with Gasteiger partial charge in [0.15, 0.2) is 0 Å². The second kappa shape index (κ2) is 9.57. The second-order valence-corrected chi connectivity index (χ2v) is 5.46. The standard InChI is InChI=1S/C17H23N3O4/c1-2-3-8-18-17(22)19-16(21)13-20(11-14-6-4-9-23-14)12-15-7-5-10-24-15/h4-7,9-10H,2-3,8,11-13H2,1H3,(H2,18,19,21,22). The van der Waals surface area contributed by atoms with Crippen LogP contribution in [0.2, 0.25) is 0 Å². The van der Waals surface area contributed by atoms with E-state index in [-0.39, 0.29) is 12.5 Å². The molecule has 24 heavy (non-hydrogen) atoms. The number of hydrogen-bond acceptors (Lipinski definition) is 5. The first-order valence-corrected chi connectivity index (χ1v) is 8.02. The normalized spacial score (nSPS) is 10.8. The number of rotatable bonds is 9. The maximum absolute atomic E-state index is 12.1. The molecular formula is C17H23N3O4. The first-order chi connectivity index (χ1) is 11.7. The van der Waals surface area contributed by atoms with Crippen molar-refractivity contribution in [1.82, 2.24) is 15.5 Å². The Morgan fingerprint density at radius 1 is 1.08 bits per heavy atom. The van der Waals surface area contributed by atoms with Gasteiger partial charge in [-0.2, -0.15) is 0 Å². The molecule has 0 saturated carbocycles. The fourth-order valence-corrected chi connectivity index (χ4v) is 2.21. The van der Waals surface area contributed by atoms with Crippen LogP contribution >= 0.6 is 0 Å². The lowest BCUT2D eigenvalue weighted by Crippen LogP contribution is -2.44. The minimum Gasteiger partial charge on any atom is -0.468 e. The summed E-state index contributed by atoms with van der Waals surface area (Å²) in [5.74, 6) is 1.10. The summed E-state index contributed by atoms with van der Waals surface area (Å²) in [6, 6.07) is 6.79. The number of amides is 3. The molecule has 7 nitrogen and oxygen atoms in total. The van der Waals surface area contributed by atoms with Gasteiger partial charge in [0, 0.05) is 6.54 Å². The number of carbonyl (C=O) groups excluding carboxylic acids is 2. The maximum atomic E-state index is 12.1. The topological polar surface area (TPSA) is 87.7 Å². The molecule has 0 spiro atoms. The van der Waals surface area contributed by atoms with E-state index in [1.54, 1.807) is 24.7 Å². The zero-order valence-corrected chi connectivity index (χ0v) is 13.8. The molecule has 0 bridgehead atoms. The zero-order valence-electron chi connectivity index (χ0n) is 13.8. The van der Waals surface area contributed by atoms with E-state index in [0.717, 1.165) is 24.4 Å². The largest absolute Gasteiger partial charge is 0.468 e. The van der Waals surface area contributed by atoms with Crippen LogP contribution in [0.1, 0.15) is 31.3 Å². The number of urea groups is 1. The van der Waals surface area contributed by atoms with E-state index in [1.807, 2.05) is 24.0 Å². The molecule has 0 aliphatic heterocycles. The Kier molecular flexibility index (Phi) is 7.10. The van der Waals surface area contributed by atoms with E-state index in [4.69, 9.17) is 8.83 Å². The molecule has 2 N–H and O–H groups in total. The Bertz CT molecular complexity index is 572. The smallest absolute Gasteiger partial charge is 0.321 e. The zero-order chi connectivity index (χ0) is 17.2. The highest BCUT2D eigenvalue weighted by atomic mass is 16.3. The molecular weight excluding hydrogens is 310 g/mol. The molecule has 130 valence electrons. The van der Waals surface area contributed by atoms with E-state index >= 15 is 0 Å². The molecule has 0 aromatic carbocycles. The van der Waals surface area contributed by atoms with Gasteiger partial charge in [-0.15, -0.1) is 0 Å². The molecule has 0 radical (unpaired) electrons. The van der Waals surface area contributed by atoms with Crippen molar-refractivity contribution in [3.8, 4) is 0 Å². The molecule has 0 aliphatic rings. The van der Waals surface area contributed by atoms with Gasteiger partial charge in [-0.25, -0.2) is 4.79 Å². The van der Waals surface area contributed by atoms with Gasteiger partial charge in [-0.3, -0.25) is 15.0 Å². The minimum atomic E-state index is -0.468. The molecule has 0 saturated heterocycles. The van der Waals surface area contributed by atoms with E-state index in [2.05, 4.69) is 10.6 Å². The van der Waals surface area contributed by atoms with E-state index in [9.17, 15) is 9.59 Å². The lowest BCUT2D eigenvalue weighted by Gasteiger charge is -2.19. The summed E-state index contributed by atoms with van der Waals surface area (Å²) in [6.07, 6.45) is 5.03. The molecule has 2 heterocycles. The number of nitrogens with zero attached hydrogens (tertiary/aromatic N) is 1. The number of hydrogen-bond donors (Lipinski definition) is 2. The predicted octanol–water partition coefficient (Wildman–Crippen LogP) is 2.50. The van der Waals surface area contributed by atoms with Crippen LogP contribution in [0, 0.1) is 0 Å². The molecule has 7 heteroatoms. The van der Waals surface area contributed by atoms with Crippen molar-refractivity contribution in [1.29, 1.82) is 0 Å². The fourth-order valence-electron chi connectivity index (χ4n) is 2.21. The third kappa shape index (κ3) is 6.29. The van der Waals surface area contributed by atoms with Crippen molar-refractivity contribution in [2.75, 3.05) is 13.1 Å². The molecule has 0 aliphatic carbocycles. The van der Waals surface area contributed by atoms with E-state index in [0.29, 0.717) is 19.6 Å². The van der Waals surface area contributed by atoms with E-state index in [1.165, 1.54) is 0 Å². The highest BCUT2D eigenvalue weighted by molar-refractivity contribution is 5.95. The lowest BCUT2D eigenvalue weighted by atomic mass is 10.3. The van der Waals surface area contributed by atoms with Crippen LogP contribution in [0.4, 0.5) is 4.79 Å². The number of furan rings is 2. The molecule has 3 amide bonds. The first kappa shape index (κ1) is 17.8. The average molecular weight is 333 g/mol. The first-order valence-electron chi connectivity index (χ1n) is 8.02. The Labute approximate surface area is 141 Å². The molecule has 0 unspecified atom stereocenters. The highest BCUT2D eigenvalue weighted by Gasteiger charge is 2.16. The third-order valence-corrected chi connectivity index (χ3v) is 3.36. The number of carbonyl (C=O) groups is 2. The summed E-state index contributed by atoms with van der Waals surface area (Å²) in [5, 5.41) is 4.99. The Balaban J connectivity index is 1.86. The van der Waals surface area contributed by atoms with Crippen molar-refractivity contribution in [2.45, 2.75) is 32.9 Å². The van der Waals surface area contributed by atoms with Crippen LogP contribution in [0.3, 0.4) is 0 Å². The van der Waals surface area contributed by atoms with Gasteiger partial charge < -0.3 is 14.2 Å². The van der Waals surface area contributed by atoms with Crippen LogP contribution in [0.5, 0.6) is 0 Å². The summed E-state index contributed by atoms with van der Waals surface area (Å²) in [7, 11) is 0. The molecule has 0 fully saturated rings. The van der Waals surface area contributed by atoms with Gasteiger partial charge in [-0.05, 0) is 30.7 Å². The minimum absolute atomic E-state index is 0.0581. The molecule has 2 aromatic heterocycles. The van der Waals surface area contributed by atoms with Crippen LogP contribution in [0.15, 0.2) is 45.6 Å². The lowest BCUT2D eigenvalue weighted by molar-refractivity contribution is -0.121. The van der Waals surface area contributed by atoms with Gasteiger partial charge in [0.2, 0.25) is 5.91 Å². The van der Waals surface area contributed by atoms with Crippen molar-refractivity contribution < 1.29 is 18.4 Å². The Morgan fingerprint density at radius 2 is 1.71 bits per heavy atom. The van der Waals surface area contributed by atoms with Gasteiger partial charge >= 0.3 is 6.03 Å². The second-order valence-electron chi connectivity index (χ2n) is 5.46. The molecule has 2 rings (SSSR count). The number of unbranched alkanes of at least 4 members (excludes halogenated alkanes) is 1. The van der Waals surface area contributed by atoms with Crippen molar-refractivity contribution in [2.24, 2.45) is 0 Å². The Hall–Kier alpha value is -2.54. The maximum Gasteiger partial charge on any atom is 0.321 e. The summed E-state index contributed by atoms with van der Waals surface area (Å²) >= 11 is 0. The highest BCUT2D eigenvalue weighted by Crippen LogP contribution is 2.10. The van der Waals surface area contributed by atoms with Crippen LogP contribution in [-0.2, 0) is 17.9 Å². The SMILES string of the molecule is CCCCNC(=O)NC(=O)CN(Cc1ccco1)Cc1ccco1. The molecule has 0 atom stereocenters. The predicted molar refractivity (Wildman–Crippen MR) is 88.0 cm³/mol. The monoisotopic (exact) mass is 333 g/mol. The van der Waals surface area contributed by atoms with Crippen molar-refractivity contribution >= 4 is 11.9 Å². The third-order valence-electron chi connectivity index (χ3n) is 3.36. The average Bonchev–Trinajstić information content (AvgIpc) is 3.21. The van der Waals surface area contributed by atoms with Gasteiger partial charge in [0.05, 0.1) is 32.2 Å². The van der Waals surface area contributed by atoms with Crippen molar-refractivity contribution in [3.63, 3.8) is 0 Å². The van der Waals surface area contributed by atoms with Crippen LogP contribution < -0.4 is 10.6 Å². The van der Waals surface area contributed by atoms with Gasteiger partial charge in [-0.1, -0.05) is 13.3 Å². The van der Waals surface area contributed by atoms with Crippen LogP contribution in [-0.4, -0.2) is 29.9 Å². The number of nitrogens with one attached hydrogen (secondary N) is 2. The summed E-state index contributed by atoms with van der Waals surface area (Å²) < 4.78 is 10.7. The van der Waals surface area contributed by atoms with Gasteiger partial charge in [0.25, 0.3) is 0 Å². The Morgan fingerprint density at radius 3 is 2.21 bits per heavy atom. The summed E-state index contributed by atoms with van der Waals surface area (Å²) in [4.78, 5) is 25.6. The van der Waals surface area contributed by atoms with E-state index < -0.39 is 6.03 Å². The summed E-state index contributed by atoms with van der Waals surface area (Å²) in [5.41, 5.74) is 0. The molecule has 2 aromatic rings.